The van der Waals surface area contributed by atoms with Crippen molar-refractivity contribution >= 4 is 21.6 Å². The minimum absolute atomic E-state index is 0.689. The van der Waals surface area contributed by atoms with Crippen LogP contribution < -0.4 is 4.90 Å². The molecule has 2 bridgehead atoms. The summed E-state index contributed by atoms with van der Waals surface area (Å²) < 4.78 is 1.11. The number of piperidine rings is 1. The van der Waals surface area contributed by atoms with Crippen molar-refractivity contribution in [3.05, 3.63) is 34.4 Å². The van der Waals surface area contributed by atoms with Crippen molar-refractivity contribution in [3.8, 4) is 11.3 Å². The van der Waals surface area contributed by atoms with E-state index < -0.39 is 0 Å². The largest absolute Gasteiger partial charge is 0.368 e. The Hall–Kier alpha value is -1.29. The standard InChI is InChI=1S/C14H14BrN3/c15-11-4-2-1-3-10(11)13-14-12(16-17-13)9-5-7-18(14)8-6-9/h1-4,9H,5-8H2,(H,16,17). The zero-order chi connectivity index (χ0) is 12.1. The smallest absolute Gasteiger partial charge is 0.117 e. The maximum Gasteiger partial charge on any atom is 0.117 e. The van der Waals surface area contributed by atoms with Gasteiger partial charge in [-0.15, -0.1) is 0 Å². The number of hydrogen-bond donors (Lipinski definition) is 1. The van der Waals surface area contributed by atoms with Crippen LogP contribution in [0.15, 0.2) is 28.7 Å². The topological polar surface area (TPSA) is 31.9 Å². The first-order valence-corrected chi connectivity index (χ1v) is 7.22. The fraction of sp³-hybridized carbons (Fsp3) is 0.357. The van der Waals surface area contributed by atoms with Gasteiger partial charge in [0, 0.05) is 29.0 Å². The summed E-state index contributed by atoms with van der Waals surface area (Å²) in [6, 6.07) is 8.31. The fourth-order valence-electron chi connectivity index (χ4n) is 3.19. The summed E-state index contributed by atoms with van der Waals surface area (Å²) >= 11 is 3.63. The van der Waals surface area contributed by atoms with Gasteiger partial charge in [0.15, 0.2) is 0 Å². The van der Waals surface area contributed by atoms with Crippen LogP contribution in [0.4, 0.5) is 5.69 Å². The highest BCUT2D eigenvalue weighted by atomic mass is 79.9. The van der Waals surface area contributed by atoms with Crippen LogP contribution in [0.1, 0.15) is 24.5 Å². The molecule has 2 aromatic rings. The molecule has 0 unspecified atom stereocenters. The van der Waals surface area contributed by atoms with E-state index in [1.807, 2.05) is 6.07 Å². The molecule has 0 radical (unpaired) electrons. The van der Waals surface area contributed by atoms with E-state index in [1.165, 1.54) is 42.9 Å². The molecule has 1 aromatic heterocycles. The van der Waals surface area contributed by atoms with Crippen LogP contribution in [0.25, 0.3) is 11.3 Å². The monoisotopic (exact) mass is 303 g/mol. The van der Waals surface area contributed by atoms with Crippen LogP contribution in [-0.4, -0.2) is 23.3 Å². The molecule has 1 N–H and O–H groups in total. The Kier molecular flexibility index (Phi) is 2.27. The van der Waals surface area contributed by atoms with Crippen molar-refractivity contribution < 1.29 is 0 Å². The normalized spacial score (nSPS) is 18.2. The van der Waals surface area contributed by atoms with E-state index in [4.69, 9.17) is 0 Å². The Bertz CT molecular complexity index is 597. The summed E-state index contributed by atoms with van der Waals surface area (Å²) in [6.07, 6.45) is 2.54. The van der Waals surface area contributed by atoms with Crippen LogP contribution in [0.5, 0.6) is 0 Å². The maximum atomic E-state index is 4.57. The second kappa shape index (κ2) is 3.85. The van der Waals surface area contributed by atoms with Gasteiger partial charge in [-0.3, -0.25) is 5.10 Å². The molecular formula is C14H14BrN3. The number of hydrogen-bond acceptors (Lipinski definition) is 2. The minimum atomic E-state index is 0.689. The van der Waals surface area contributed by atoms with E-state index >= 15 is 0 Å². The van der Waals surface area contributed by atoms with E-state index in [2.05, 4.69) is 49.2 Å². The number of nitrogens with zero attached hydrogens (tertiary/aromatic N) is 2. The van der Waals surface area contributed by atoms with Crippen molar-refractivity contribution in [1.82, 2.24) is 10.2 Å². The third-order valence-corrected chi connectivity index (χ3v) is 4.81. The summed E-state index contributed by atoms with van der Waals surface area (Å²) in [5.41, 5.74) is 4.96. The Morgan fingerprint density at radius 1 is 1.22 bits per heavy atom. The van der Waals surface area contributed by atoms with E-state index in [1.54, 1.807) is 0 Å². The number of benzene rings is 1. The van der Waals surface area contributed by atoms with Crippen LogP contribution in [0.3, 0.4) is 0 Å². The number of H-pyrrole nitrogens is 1. The van der Waals surface area contributed by atoms with Gasteiger partial charge in [-0.05, 0) is 18.9 Å². The van der Waals surface area contributed by atoms with E-state index in [0.29, 0.717) is 5.92 Å². The molecule has 0 aliphatic carbocycles. The predicted octanol–water partition coefficient (Wildman–Crippen LogP) is 3.54. The molecule has 3 nitrogen and oxygen atoms in total. The van der Waals surface area contributed by atoms with Gasteiger partial charge in [0.2, 0.25) is 0 Å². The molecule has 1 saturated heterocycles. The average Bonchev–Trinajstić information content (AvgIpc) is 2.87. The van der Waals surface area contributed by atoms with Crippen molar-refractivity contribution in [1.29, 1.82) is 0 Å². The minimum Gasteiger partial charge on any atom is -0.368 e. The molecule has 4 heteroatoms. The second-order valence-electron chi connectivity index (χ2n) is 5.08. The highest BCUT2D eigenvalue weighted by molar-refractivity contribution is 9.10. The summed E-state index contributed by atoms with van der Waals surface area (Å²) in [6.45, 7) is 2.35. The van der Waals surface area contributed by atoms with Gasteiger partial charge in [0.05, 0.1) is 11.4 Å². The van der Waals surface area contributed by atoms with E-state index in [-0.39, 0.29) is 0 Å². The maximum absolute atomic E-state index is 4.57. The molecule has 0 amide bonds. The SMILES string of the molecule is Brc1ccccc1-c1n[nH]c2c1N1CCC2CC1. The summed E-state index contributed by atoms with van der Waals surface area (Å²) in [5, 5.41) is 7.84. The molecule has 0 atom stereocenters. The zero-order valence-corrected chi connectivity index (χ0v) is 11.6. The predicted molar refractivity (Wildman–Crippen MR) is 75.9 cm³/mol. The highest BCUT2D eigenvalue weighted by Crippen LogP contribution is 2.46. The van der Waals surface area contributed by atoms with E-state index in [9.17, 15) is 0 Å². The molecule has 0 spiro atoms. The average molecular weight is 304 g/mol. The highest BCUT2D eigenvalue weighted by Gasteiger charge is 2.35. The molecule has 18 heavy (non-hydrogen) atoms. The summed E-state index contributed by atoms with van der Waals surface area (Å²) in [5.74, 6) is 0.689. The van der Waals surface area contributed by atoms with Gasteiger partial charge in [0.1, 0.15) is 5.69 Å². The van der Waals surface area contributed by atoms with Gasteiger partial charge in [-0.2, -0.15) is 5.10 Å². The van der Waals surface area contributed by atoms with Gasteiger partial charge < -0.3 is 4.90 Å². The number of nitrogens with one attached hydrogen (secondary N) is 1. The zero-order valence-electron chi connectivity index (χ0n) is 9.99. The molecule has 3 aliphatic rings. The first kappa shape index (κ1) is 10.6. The lowest BCUT2D eigenvalue weighted by Crippen LogP contribution is -2.38. The number of anilines is 1. The van der Waals surface area contributed by atoms with Crippen molar-refractivity contribution in [3.63, 3.8) is 0 Å². The van der Waals surface area contributed by atoms with Gasteiger partial charge >= 0.3 is 0 Å². The molecule has 0 saturated carbocycles. The van der Waals surface area contributed by atoms with Crippen molar-refractivity contribution in [2.45, 2.75) is 18.8 Å². The number of aromatic amines is 1. The lowest BCUT2D eigenvalue weighted by atomic mass is 9.86. The molecular weight excluding hydrogens is 290 g/mol. The summed E-state index contributed by atoms with van der Waals surface area (Å²) in [4.78, 5) is 2.48. The fourth-order valence-corrected chi connectivity index (χ4v) is 3.66. The molecule has 4 heterocycles. The van der Waals surface area contributed by atoms with Gasteiger partial charge in [-0.25, -0.2) is 0 Å². The first-order chi connectivity index (χ1) is 8.84. The Morgan fingerprint density at radius 3 is 2.78 bits per heavy atom. The van der Waals surface area contributed by atoms with Gasteiger partial charge in [-0.1, -0.05) is 34.1 Å². The second-order valence-corrected chi connectivity index (χ2v) is 5.93. The first-order valence-electron chi connectivity index (χ1n) is 6.42. The molecule has 1 fully saturated rings. The van der Waals surface area contributed by atoms with Crippen LogP contribution in [0, 0.1) is 0 Å². The van der Waals surface area contributed by atoms with Crippen LogP contribution in [0.2, 0.25) is 0 Å². The molecule has 92 valence electrons. The third-order valence-electron chi connectivity index (χ3n) is 4.12. The van der Waals surface area contributed by atoms with Gasteiger partial charge in [0.25, 0.3) is 0 Å². The lowest BCUT2D eigenvalue weighted by molar-refractivity contribution is 0.466. The van der Waals surface area contributed by atoms with Crippen molar-refractivity contribution in [2.75, 3.05) is 18.0 Å². The quantitative estimate of drug-likeness (QED) is 0.874. The van der Waals surface area contributed by atoms with Crippen molar-refractivity contribution in [2.24, 2.45) is 0 Å². The Balaban J connectivity index is 1.92. The number of aromatic nitrogens is 2. The lowest BCUT2D eigenvalue weighted by Gasteiger charge is -2.40. The van der Waals surface area contributed by atoms with Crippen LogP contribution in [-0.2, 0) is 0 Å². The number of rotatable bonds is 1. The number of halogens is 1. The van der Waals surface area contributed by atoms with Crippen LogP contribution >= 0.6 is 15.9 Å². The summed E-state index contributed by atoms with van der Waals surface area (Å²) in [7, 11) is 0. The Morgan fingerprint density at radius 2 is 2.00 bits per heavy atom. The molecule has 1 aromatic carbocycles. The Labute approximate surface area is 114 Å². The third kappa shape index (κ3) is 1.38. The molecule has 3 aliphatic heterocycles. The number of fused-ring (bicyclic) bond motifs is 2. The molecule has 5 rings (SSSR count). The van der Waals surface area contributed by atoms with E-state index in [0.717, 1.165) is 10.2 Å².